The maximum Gasteiger partial charge on any atom is 0.293 e. The van der Waals surface area contributed by atoms with Crippen molar-refractivity contribution in [3.05, 3.63) is 57.8 Å². The molecule has 3 heterocycles. The molecule has 0 spiro atoms. The van der Waals surface area contributed by atoms with Crippen LogP contribution in [0.2, 0.25) is 0 Å². The number of aromatic nitrogens is 1. The molecule has 0 bridgehead atoms. The average Bonchev–Trinajstić information content (AvgIpc) is 3.13. The SMILES string of the molecule is O=C(c1ccc(NCc2ccc(N3CCCCCC3)nc2)c([N+](=O)[O-])c1)N1CCOCC1. The fraction of sp³-hybridized carbons (Fsp3) is 0.478. The number of morpholine rings is 1. The van der Waals surface area contributed by atoms with E-state index in [-0.39, 0.29) is 11.6 Å². The topological polar surface area (TPSA) is 101 Å². The molecule has 2 aromatic rings. The summed E-state index contributed by atoms with van der Waals surface area (Å²) in [5, 5.41) is 14.8. The summed E-state index contributed by atoms with van der Waals surface area (Å²) in [6.07, 6.45) is 6.75. The Balaban J connectivity index is 1.42. The van der Waals surface area contributed by atoms with Gasteiger partial charge >= 0.3 is 0 Å². The lowest BCUT2D eigenvalue weighted by molar-refractivity contribution is -0.384. The summed E-state index contributed by atoms with van der Waals surface area (Å²) in [7, 11) is 0. The molecular formula is C23H29N5O4. The first-order chi connectivity index (χ1) is 15.6. The van der Waals surface area contributed by atoms with Gasteiger partial charge in [0.25, 0.3) is 11.6 Å². The van der Waals surface area contributed by atoms with Gasteiger partial charge in [-0.3, -0.25) is 14.9 Å². The third kappa shape index (κ3) is 5.34. The van der Waals surface area contributed by atoms with E-state index in [9.17, 15) is 14.9 Å². The Hall–Kier alpha value is -3.20. The van der Waals surface area contributed by atoms with Crippen LogP contribution in [-0.2, 0) is 11.3 Å². The predicted octanol–water partition coefficient (Wildman–Crippen LogP) is 3.45. The first-order valence-electron chi connectivity index (χ1n) is 11.2. The van der Waals surface area contributed by atoms with Crippen LogP contribution >= 0.6 is 0 Å². The average molecular weight is 440 g/mol. The number of amides is 1. The largest absolute Gasteiger partial charge is 0.378 e. The van der Waals surface area contributed by atoms with Crippen molar-refractivity contribution in [3.8, 4) is 0 Å². The van der Waals surface area contributed by atoms with Crippen molar-refractivity contribution in [3.63, 3.8) is 0 Å². The van der Waals surface area contributed by atoms with E-state index in [0.29, 0.717) is 44.1 Å². The summed E-state index contributed by atoms with van der Waals surface area (Å²) in [6, 6.07) is 8.60. The number of nitrogens with zero attached hydrogens (tertiary/aromatic N) is 4. The Bertz CT molecular complexity index is 936. The van der Waals surface area contributed by atoms with E-state index in [1.54, 1.807) is 17.0 Å². The van der Waals surface area contributed by atoms with Gasteiger partial charge in [-0.1, -0.05) is 18.9 Å². The molecule has 1 aromatic carbocycles. The van der Waals surface area contributed by atoms with Crippen LogP contribution in [0.4, 0.5) is 17.2 Å². The lowest BCUT2D eigenvalue weighted by Gasteiger charge is -2.26. The molecule has 0 atom stereocenters. The zero-order chi connectivity index (χ0) is 22.3. The van der Waals surface area contributed by atoms with E-state index in [1.165, 1.54) is 31.7 Å². The van der Waals surface area contributed by atoms with Crippen molar-refractivity contribution in [2.45, 2.75) is 32.2 Å². The molecule has 9 heteroatoms. The number of hydrogen-bond donors (Lipinski definition) is 1. The zero-order valence-electron chi connectivity index (χ0n) is 18.2. The summed E-state index contributed by atoms with van der Waals surface area (Å²) >= 11 is 0. The molecule has 1 aromatic heterocycles. The predicted molar refractivity (Wildman–Crippen MR) is 122 cm³/mol. The van der Waals surface area contributed by atoms with Gasteiger partial charge in [0.15, 0.2) is 0 Å². The van der Waals surface area contributed by atoms with Crippen LogP contribution in [0.15, 0.2) is 36.5 Å². The second-order valence-electron chi connectivity index (χ2n) is 8.17. The van der Waals surface area contributed by atoms with Gasteiger partial charge in [0.05, 0.1) is 18.1 Å². The normalized spacial score (nSPS) is 17.0. The Morgan fingerprint density at radius 3 is 2.47 bits per heavy atom. The fourth-order valence-corrected chi connectivity index (χ4v) is 4.12. The van der Waals surface area contributed by atoms with E-state index >= 15 is 0 Å². The van der Waals surface area contributed by atoms with Gasteiger partial charge in [0.2, 0.25) is 0 Å². The minimum absolute atomic E-state index is 0.113. The summed E-state index contributed by atoms with van der Waals surface area (Å²) in [4.78, 5) is 32.4. The number of benzene rings is 1. The van der Waals surface area contributed by atoms with Gasteiger partial charge in [-0.25, -0.2) is 4.98 Å². The van der Waals surface area contributed by atoms with Crippen LogP contribution < -0.4 is 10.2 Å². The molecule has 1 amide bonds. The van der Waals surface area contributed by atoms with Crippen LogP contribution in [0.5, 0.6) is 0 Å². The molecule has 2 fully saturated rings. The lowest BCUT2D eigenvalue weighted by Crippen LogP contribution is -2.40. The van der Waals surface area contributed by atoms with Crippen molar-refractivity contribution in [1.29, 1.82) is 0 Å². The summed E-state index contributed by atoms with van der Waals surface area (Å²) in [5.74, 6) is 0.767. The van der Waals surface area contributed by atoms with Crippen molar-refractivity contribution in [2.24, 2.45) is 0 Å². The summed E-state index contributed by atoms with van der Waals surface area (Å²) in [6.45, 7) is 4.43. The molecule has 2 saturated heterocycles. The van der Waals surface area contributed by atoms with Crippen LogP contribution in [-0.4, -0.2) is 60.1 Å². The van der Waals surface area contributed by atoms with Crippen LogP contribution in [0.25, 0.3) is 0 Å². The number of ether oxygens (including phenoxy) is 1. The minimum Gasteiger partial charge on any atom is -0.378 e. The number of carbonyl (C=O) groups excluding carboxylic acids is 1. The van der Waals surface area contributed by atoms with Crippen LogP contribution in [0, 0.1) is 10.1 Å². The first kappa shape index (κ1) is 22.0. The zero-order valence-corrected chi connectivity index (χ0v) is 18.2. The van der Waals surface area contributed by atoms with Gasteiger partial charge in [-0.05, 0) is 36.6 Å². The second kappa shape index (κ2) is 10.4. The number of hydrogen-bond acceptors (Lipinski definition) is 7. The summed E-state index contributed by atoms with van der Waals surface area (Å²) < 4.78 is 5.27. The number of rotatable bonds is 6. The fourth-order valence-electron chi connectivity index (χ4n) is 4.12. The second-order valence-corrected chi connectivity index (χ2v) is 8.17. The Morgan fingerprint density at radius 1 is 1.06 bits per heavy atom. The maximum absolute atomic E-state index is 12.7. The van der Waals surface area contributed by atoms with Gasteiger partial charge in [0, 0.05) is 50.6 Å². The summed E-state index contributed by atoms with van der Waals surface area (Å²) in [5.41, 5.74) is 1.52. The van der Waals surface area contributed by atoms with E-state index in [4.69, 9.17) is 4.74 Å². The molecule has 32 heavy (non-hydrogen) atoms. The highest BCUT2D eigenvalue weighted by atomic mass is 16.6. The van der Waals surface area contributed by atoms with Crippen LogP contribution in [0.3, 0.4) is 0 Å². The minimum atomic E-state index is -0.459. The molecule has 2 aliphatic heterocycles. The van der Waals surface area contributed by atoms with E-state index in [0.717, 1.165) is 24.5 Å². The molecule has 0 saturated carbocycles. The third-order valence-corrected chi connectivity index (χ3v) is 5.96. The number of carbonyl (C=O) groups is 1. The van der Waals surface area contributed by atoms with E-state index in [1.807, 2.05) is 18.3 Å². The van der Waals surface area contributed by atoms with Gasteiger partial charge in [-0.2, -0.15) is 0 Å². The lowest BCUT2D eigenvalue weighted by atomic mass is 10.1. The van der Waals surface area contributed by atoms with Crippen molar-refractivity contribution < 1.29 is 14.5 Å². The third-order valence-electron chi connectivity index (χ3n) is 5.96. The Morgan fingerprint density at radius 2 is 1.81 bits per heavy atom. The van der Waals surface area contributed by atoms with E-state index < -0.39 is 4.92 Å². The molecular weight excluding hydrogens is 410 g/mol. The molecule has 9 nitrogen and oxygen atoms in total. The monoisotopic (exact) mass is 439 g/mol. The van der Waals surface area contributed by atoms with Gasteiger partial charge < -0.3 is 19.9 Å². The maximum atomic E-state index is 12.7. The number of nitro benzene ring substituents is 1. The van der Waals surface area contributed by atoms with Crippen LogP contribution in [0.1, 0.15) is 41.6 Å². The highest BCUT2D eigenvalue weighted by Gasteiger charge is 2.22. The smallest absolute Gasteiger partial charge is 0.293 e. The van der Waals surface area contributed by atoms with Crippen molar-refractivity contribution >= 4 is 23.1 Å². The molecule has 1 N–H and O–H groups in total. The number of pyridine rings is 1. The molecule has 2 aliphatic rings. The molecule has 4 rings (SSSR count). The Labute approximate surface area is 187 Å². The standard InChI is InChI=1S/C23H29N5O4/c29-23(27-11-13-32-14-12-27)19-6-7-20(21(15-19)28(30)31)24-16-18-5-8-22(25-17-18)26-9-3-1-2-4-10-26/h5-8,15,17,24H,1-4,9-14,16H2. The highest BCUT2D eigenvalue weighted by Crippen LogP contribution is 2.27. The highest BCUT2D eigenvalue weighted by molar-refractivity contribution is 5.95. The molecule has 170 valence electrons. The molecule has 0 aliphatic carbocycles. The van der Waals surface area contributed by atoms with Crippen molar-refractivity contribution in [1.82, 2.24) is 9.88 Å². The Kier molecular flexibility index (Phi) is 7.16. The molecule has 0 unspecified atom stereocenters. The quantitative estimate of drug-likeness (QED) is 0.543. The molecule has 0 radical (unpaired) electrons. The number of nitro groups is 1. The number of anilines is 2. The van der Waals surface area contributed by atoms with Gasteiger partial charge in [-0.15, -0.1) is 0 Å². The van der Waals surface area contributed by atoms with Gasteiger partial charge in [0.1, 0.15) is 11.5 Å². The first-order valence-corrected chi connectivity index (χ1v) is 11.2. The van der Waals surface area contributed by atoms with Crippen molar-refractivity contribution in [2.75, 3.05) is 49.6 Å². The van der Waals surface area contributed by atoms with E-state index in [2.05, 4.69) is 15.2 Å². The number of nitrogens with one attached hydrogen (secondary N) is 1.